The summed E-state index contributed by atoms with van der Waals surface area (Å²) in [5, 5.41) is 2.59. The maximum absolute atomic E-state index is 12.8. The van der Waals surface area contributed by atoms with Gasteiger partial charge in [-0.15, -0.1) is 0 Å². The molecule has 0 saturated carbocycles. The number of rotatable bonds is 19. The van der Waals surface area contributed by atoms with E-state index in [4.69, 9.17) is 56.8 Å². The first-order chi connectivity index (χ1) is 29.0. The minimum atomic E-state index is -1.44. The maximum atomic E-state index is 12.8. The van der Waals surface area contributed by atoms with E-state index in [9.17, 15) is 19.2 Å². The molecule has 0 spiro atoms. The van der Waals surface area contributed by atoms with E-state index in [2.05, 4.69) is 5.32 Å². The van der Waals surface area contributed by atoms with Gasteiger partial charge in [-0.25, -0.2) is 4.79 Å². The summed E-state index contributed by atoms with van der Waals surface area (Å²) in [6.07, 6.45) is -10.8. The van der Waals surface area contributed by atoms with Gasteiger partial charge in [0.15, 0.2) is 24.8 Å². The van der Waals surface area contributed by atoms with Crippen LogP contribution >= 0.6 is 0 Å². The van der Waals surface area contributed by atoms with E-state index in [1.165, 1.54) is 14.0 Å². The van der Waals surface area contributed by atoms with Gasteiger partial charge in [0.1, 0.15) is 48.9 Å². The van der Waals surface area contributed by atoms with E-state index in [1.807, 2.05) is 84.9 Å². The second-order valence-electron chi connectivity index (χ2n) is 13.9. The molecule has 2 heterocycles. The number of benzene rings is 3. The summed E-state index contributed by atoms with van der Waals surface area (Å²) in [7, 11) is 4.20. The van der Waals surface area contributed by atoms with E-state index >= 15 is 0 Å². The molecule has 2 saturated heterocycles. The number of hydrogen-bond acceptors (Lipinski definition) is 16. The highest BCUT2D eigenvalue weighted by atomic mass is 16.7. The first kappa shape index (κ1) is 45.9. The van der Waals surface area contributed by atoms with Crippen LogP contribution in [0.15, 0.2) is 84.9 Å². The van der Waals surface area contributed by atoms with Crippen LogP contribution in [0.3, 0.4) is 0 Å². The van der Waals surface area contributed by atoms with Gasteiger partial charge in [0.25, 0.3) is 0 Å². The highest BCUT2D eigenvalue weighted by Gasteiger charge is 2.53. The third-order valence-electron chi connectivity index (χ3n) is 9.59. The van der Waals surface area contributed by atoms with Crippen LogP contribution in [-0.2, 0) is 86.3 Å². The normalized spacial score (nSPS) is 26.3. The molecule has 17 heteroatoms. The lowest BCUT2D eigenvalue weighted by molar-refractivity contribution is -0.335. The molecule has 2 fully saturated rings. The molecule has 0 aliphatic carbocycles. The molecule has 2 aliphatic rings. The number of esters is 3. The standard InChI is InChI=1S/C43H53NO16/c1-26(45)52-24-34-37(57-27(2)46)38(58-28(3)47)35(44-43(48)51-6)41(59-34)56-25-33-36(53-23-31-17-19-32(49-4)20-18-31)39(54-21-29-13-9-7-10-14-29)40(42(50-5)60-33)55-22-30-15-11-8-12-16-30/h7-20,33-42H,21-25H2,1-6H3,(H,44,48)/t33-,34-,35-,36-,37-,38-,39+,40-,41-,42-/m1/s1. The van der Waals surface area contributed by atoms with Gasteiger partial charge < -0.3 is 62.2 Å². The molecule has 0 unspecified atom stereocenters. The first-order valence-corrected chi connectivity index (χ1v) is 19.3. The van der Waals surface area contributed by atoms with Gasteiger partial charge in [-0.05, 0) is 28.8 Å². The topological polar surface area (TPSA) is 191 Å². The zero-order valence-corrected chi connectivity index (χ0v) is 34.4. The Morgan fingerprint density at radius 3 is 1.60 bits per heavy atom. The predicted molar refractivity (Wildman–Crippen MR) is 209 cm³/mol. The summed E-state index contributed by atoms with van der Waals surface area (Å²) < 4.78 is 71.7. The molecule has 1 amide bonds. The van der Waals surface area contributed by atoms with Gasteiger partial charge in [-0.1, -0.05) is 72.8 Å². The van der Waals surface area contributed by atoms with Gasteiger partial charge in [-0.3, -0.25) is 14.4 Å². The van der Waals surface area contributed by atoms with Crippen LogP contribution in [0.25, 0.3) is 0 Å². The number of carbonyl (C=O) groups is 4. The zero-order valence-electron chi connectivity index (χ0n) is 34.4. The zero-order chi connectivity index (χ0) is 43.0. The third kappa shape index (κ3) is 13.2. The Labute approximate surface area is 348 Å². The molecule has 10 atom stereocenters. The quantitative estimate of drug-likeness (QED) is 0.134. The van der Waals surface area contributed by atoms with Crippen molar-refractivity contribution in [3.8, 4) is 5.75 Å². The lowest BCUT2D eigenvalue weighted by Crippen LogP contribution is -2.67. The van der Waals surface area contributed by atoms with Crippen molar-refractivity contribution in [3.63, 3.8) is 0 Å². The molecule has 3 aromatic rings. The molecule has 0 bridgehead atoms. The van der Waals surface area contributed by atoms with Crippen molar-refractivity contribution in [1.82, 2.24) is 5.32 Å². The van der Waals surface area contributed by atoms with Crippen molar-refractivity contribution in [2.45, 2.75) is 102 Å². The van der Waals surface area contributed by atoms with Crippen LogP contribution in [0.2, 0.25) is 0 Å². The number of amides is 1. The molecule has 60 heavy (non-hydrogen) atoms. The summed E-state index contributed by atoms with van der Waals surface area (Å²) in [6, 6.07) is 25.2. The molecule has 3 aromatic carbocycles. The number of nitrogens with one attached hydrogen (secondary N) is 1. The average Bonchev–Trinajstić information content (AvgIpc) is 3.25. The van der Waals surface area contributed by atoms with E-state index in [0.717, 1.165) is 37.6 Å². The third-order valence-corrected chi connectivity index (χ3v) is 9.59. The number of hydrogen-bond donors (Lipinski definition) is 1. The fraction of sp³-hybridized carbons (Fsp3) is 0.488. The average molecular weight is 840 g/mol. The lowest BCUT2D eigenvalue weighted by atomic mass is 9.95. The van der Waals surface area contributed by atoms with Crippen molar-refractivity contribution in [2.24, 2.45) is 0 Å². The van der Waals surface area contributed by atoms with Crippen LogP contribution in [0.4, 0.5) is 4.79 Å². The minimum Gasteiger partial charge on any atom is -0.497 e. The Bertz CT molecular complexity index is 1800. The molecule has 2 aliphatic heterocycles. The van der Waals surface area contributed by atoms with Crippen LogP contribution in [0.5, 0.6) is 5.75 Å². The Balaban J connectivity index is 1.50. The van der Waals surface area contributed by atoms with Crippen molar-refractivity contribution in [3.05, 3.63) is 102 Å². The van der Waals surface area contributed by atoms with Crippen molar-refractivity contribution < 1.29 is 76.0 Å². The summed E-state index contributed by atoms with van der Waals surface area (Å²) in [5.41, 5.74) is 2.62. The smallest absolute Gasteiger partial charge is 0.407 e. The largest absolute Gasteiger partial charge is 0.497 e. The molecular weight excluding hydrogens is 786 g/mol. The molecule has 1 N–H and O–H groups in total. The summed E-state index contributed by atoms with van der Waals surface area (Å²) in [5.74, 6) is -1.51. The monoisotopic (exact) mass is 839 g/mol. The Hall–Kier alpha value is -5.14. The van der Waals surface area contributed by atoms with Gasteiger partial charge in [0.2, 0.25) is 0 Å². The Morgan fingerprint density at radius 2 is 1.07 bits per heavy atom. The molecule has 17 nitrogen and oxygen atoms in total. The van der Waals surface area contributed by atoms with Gasteiger partial charge >= 0.3 is 24.0 Å². The predicted octanol–water partition coefficient (Wildman–Crippen LogP) is 4.02. The number of ether oxygens (including phenoxy) is 12. The molecular formula is C43H53NO16. The van der Waals surface area contributed by atoms with Crippen LogP contribution in [-0.4, -0.2) is 120 Å². The summed E-state index contributed by atoms with van der Waals surface area (Å²) in [4.78, 5) is 49.5. The highest BCUT2D eigenvalue weighted by molar-refractivity contribution is 5.69. The minimum absolute atomic E-state index is 0.109. The molecule has 0 radical (unpaired) electrons. The molecule has 326 valence electrons. The maximum Gasteiger partial charge on any atom is 0.407 e. The van der Waals surface area contributed by atoms with Gasteiger partial charge in [0.05, 0.1) is 40.6 Å². The number of carbonyl (C=O) groups excluding carboxylic acids is 4. The highest BCUT2D eigenvalue weighted by Crippen LogP contribution is 2.33. The van der Waals surface area contributed by atoms with E-state index in [-0.39, 0.29) is 26.4 Å². The fourth-order valence-corrected chi connectivity index (χ4v) is 6.80. The van der Waals surface area contributed by atoms with Crippen molar-refractivity contribution in [2.75, 3.05) is 34.5 Å². The van der Waals surface area contributed by atoms with Crippen molar-refractivity contribution in [1.29, 1.82) is 0 Å². The fourth-order valence-electron chi connectivity index (χ4n) is 6.80. The Kier molecular flexibility index (Phi) is 17.6. The SMILES string of the molecule is COC(=O)N[C@H]1[C@H](OC[C@H]2O[C@@H](OC)[C@H](OCc3ccccc3)[C@@H](OCc3ccccc3)[C@@H]2OCc2ccc(OC)cc2)O[C@H](COC(C)=O)[C@@H](OC(C)=O)[C@@H]1OC(C)=O. The van der Waals surface area contributed by atoms with Crippen LogP contribution in [0.1, 0.15) is 37.5 Å². The van der Waals surface area contributed by atoms with E-state index in [1.54, 1.807) is 7.11 Å². The summed E-state index contributed by atoms with van der Waals surface area (Å²) >= 11 is 0. The number of methoxy groups -OCH3 is 3. The summed E-state index contributed by atoms with van der Waals surface area (Å²) in [6.45, 7) is 3.25. The molecule has 0 aromatic heterocycles. The van der Waals surface area contributed by atoms with Crippen LogP contribution in [0, 0.1) is 0 Å². The number of alkyl carbamates (subject to hydrolysis) is 1. The van der Waals surface area contributed by atoms with E-state index < -0.39 is 92.0 Å². The van der Waals surface area contributed by atoms with Gasteiger partial charge in [0, 0.05) is 27.9 Å². The van der Waals surface area contributed by atoms with E-state index in [0.29, 0.717) is 5.75 Å². The first-order valence-electron chi connectivity index (χ1n) is 19.3. The van der Waals surface area contributed by atoms with Crippen LogP contribution < -0.4 is 10.1 Å². The van der Waals surface area contributed by atoms with Crippen molar-refractivity contribution >= 4 is 24.0 Å². The second-order valence-corrected chi connectivity index (χ2v) is 13.9. The lowest BCUT2D eigenvalue weighted by Gasteiger charge is -2.47. The Morgan fingerprint density at radius 1 is 0.550 bits per heavy atom. The second kappa shape index (κ2) is 23.0. The van der Waals surface area contributed by atoms with Gasteiger partial charge in [-0.2, -0.15) is 0 Å². The molecule has 5 rings (SSSR count).